The molecule has 22 heavy (non-hydrogen) atoms. The van der Waals surface area contributed by atoms with Crippen molar-refractivity contribution in [1.29, 1.82) is 0 Å². The minimum atomic E-state index is -1.31. The summed E-state index contributed by atoms with van der Waals surface area (Å²) in [5.41, 5.74) is -0.518. The number of hydrogen-bond acceptors (Lipinski definition) is 3. The first-order valence-corrected chi connectivity index (χ1v) is 7.15. The van der Waals surface area contributed by atoms with E-state index in [9.17, 15) is 19.5 Å². The molecular formula is C16H22N2O4. The standard InChI is InChI=1S/C16H22N2O4/c1-4-16(3,15(21)22)18-14(20)10-13(17-11(2)19)12-8-6-5-7-9-12/h5-9,13H,4,10H2,1-3H3,(H,17,19)(H,18,20)(H,21,22)/t13-,16-/m1/s1. The molecule has 0 saturated heterocycles. The van der Waals surface area contributed by atoms with E-state index in [1.807, 2.05) is 30.3 Å². The van der Waals surface area contributed by atoms with E-state index in [4.69, 9.17) is 0 Å². The third-order valence-corrected chi connectivity index (χ3v) is 3.56. The molecule has 2 atom stereocenters. The molecule has 120 valence electrons. The highest BCUT2D eigenvalue weighted by Gasteiger charge is 2.33. The average molecular weight is 306 g/mol. The Morgan fingerprint density at radius 1 is 1.23 bits per heavy atom. The fraction of sp³-hybridized carbons (Fsp3) is 0.438. The van der Waals surface area contributed by atoms with Crippen LogP contribution in [0.5, 0.6) is 0 Å². The van der Waals surface area contributed by atoms with Crippen molar-refractivity contribution in [3.05, 3.63) is 35.9 Å². The molecule has 6 nitrogen and oxygen atoms in total. The lowest BCUT2D eigenvalue weighted by atomic mass is 9.97. The SMILES string of the molecule is CC[C@@](C)(NC(=O)C[C@@H](NC(C)=O)c1ccccc1)C(=O)O. The molecule has 0 aliphatic rings. The molecule has 0 bridgehead atoms. The predicted molar refractivity (Wildman–Crippen MR) is 82.1 cm³/mol. The van der Waals surface area contributed by atoms with Gasteiger partial charge >= 0.3 is 5.97 Å². The summed E-state index contributed by atoms with van der Waals surface area (Å²) in [6.45, 7) is 4.53. The van der Waals surface area contributed by atoms with Gasteiger partial charge in [0.2, 0.25) is 11.8 Å². The summed E-state index contributed by atoms with van der Waals surface area (Å²) >= 11 is 0. The first kappa shape index (κ1) is 17.7. The second-order valence-electron chi connectivity index (χ2n) is 5.41. The highest BCUT2D eigenvalue weighted by atomic mass is 16.4. The lowest BCUT2D eigenvalue weighted by molar-refractivity contribution is -0.147. The van der Waals surface area contributed by atoms with Crippen molar-refractivity contribution >= 4 is 17.8 Å². The molecular weight excluding hydrogens is 284 g/mol. The van der Waals surface area contributed by atoms with Crippen LogP contribution in [0.1, 0.15) is 45.2 Å². The molecule has 0 spiro atoms. The van der Waals surface area contributed by atoms with Gasteiger partial charge in [0.1, 0.15) is 5.54 Å². The molecule has 0 aliphatic heterocycles. The fourth-order valence-corrected chi connectivity index (χ4v) is 2.02. The van der Waals surface area contributed by atoms with E-state index in [1.54, 1.807) is 6.92 Å². The van der Waals surface area contributed by atoms with E-state index in [-0.39, 0.29) is 18.7 Å². The summed E-state index contributed by atoms with van der Waals surface area (Å²) in [6.07, 6.45) is 0.247. The quantitative estimate of drug-likeness (QED) is 0.713. The van der Waals surface area contributed by atoms with Crippen LogP contribution in [-0.2, 0) is 14.4 Å². The van der Waals surface area contributed by atoms with Crippen molar-refractivity contribution in [2.45, 2.75) is 45.2 Å². The minimum Gasteiger partial charge on any atom is -0.480 e. The number of rotatable bonds is 7. The number of aliphatic carboxylic acids is 1. The zero-order chi connectivity index (χ0) is 16.8. The van der Waals surface area contributed by atoms with Gasteiger partial charge in [-0.25, -0.2) is 4.79 Å². The van der Waals surface area contributed by atoms with Gasteiger partial charge in [-0.3, -0.25) is 9.59 Å². The monoisotopic (exact) mass is 306 g/mol. The Labute approximate surface area is 129 Å². The van der Waals surface area contributed by atoms with Crippen molar-refractivity contribution in [3.8, 4) is 0 Å². The maximum atomic E-state index is 12.2. The Morgan fingerprint density at radius 2 is 1.82 bits per heavy atom. The van der Waals surface area contributed by atoms with Crippen LogP contribution in [0.3, 0.4) is 0 Å². The summed E-state index contributed by atoms with van der Waals surface area (Å²) in [4.78, 5) is 34.7. The summed E-state index contributed by atoms with van der Waals surface area (Å²) in [6, 6.07) is 8.60. The van der Waals surface area contributed by atoms with Gasteiger partial charge in [-0.05, 0) is 18.9 Å². The van der Waals surface area contributed by atoms with Gasteiger partial charge < -0.3 is 15.7 Å². The molecule has 0 aliphatic carbocycles. The number of benzene rings is 1. The summed E-state index contributed by atoms with van der Waals surface area (Å²) in [7, 11) is 0. The van der Waals surface area contributed by atoms with E-state index in [0.717, 1.165) is 5.56 Å². The van der Waals surface area contributed by atoms with Crippen molar-refractivity contribution < 1.29 is 19.5 Å². The van der Waals surface area contributed by atoms with Gasteiger partial charge in [0.05, 0.1) is 12.5 Å². The molecule has 0 aromatic heterocycles. The Morgan fingerprint density at radius 3 is 2.27 bits per heavy atom. The third-order valence-electron chi connectivity index (χ3n) is 3.56. The van der Waals surface area contributed by atoms with Crippen LogP contribution < -0.4 is 10.6 Å². The molecule has 6 heteroatoms. The van der Waals surface area contributed by atoms with E-state index < -0.39 is 23.5 Å². The number of carbonyl (C=O) groups excluding carboxylic acids is 2. The van der Waals surface area contributed by atoms with Crippen molar-refractivity contribution in [3.63, 3.8) is 0 Å². The van der Waals surface area contributed by atoms with Gasteiger partial charge in [-0.2, -0.15) is 0 Å². The van der Waals surface area contributed by atoms with E-state index >= 15 is 0 Å². The number of carboxylic acid groups (broad SMARTS) is 1. The van der Waals surface area contributed by atoms with Crippen molar-refractivity contribution in [2.75, 3.05) is 0 Å². The van der Waals surface area contributed by atoms with Crippen LogP contribution in [0, 0.1) is 0 Å². The van der Waals surface area contributed by atoms with Gasteiger partial charge in [-0.15, -0.1) is 0 Å². The van der Waals surface area contributed by atoms with Crippen LogP contribution in [0.2, 0.25) is 0 Å². The van der Waals surface area contributed by atoms with E-state index in [2.05, 4.69) is 10.6 Å². The molecule has 1 rings (SSSR count). The van der Waals surface area contributed by atoms with Crippen LogP contribution >= 0.6 is 0 Å². The lowest BCUT2D eigenvalue weighted by Gasteiger charge is -2.26. The topological polar surface area (TPSA) is 95.5 Å². The highest BCUT2D eigenvalue weighted by molar-refractivity contribution is 5.87. The number of carbonyl (C=O) groups is 3. The molecule has 0 radical (unpaired) electrons. The number of hydrogen-bond donors (Lipinski definition) is 3. The zero-order valence-corrected chi connectivity index (χ0v) is 13.1. The van der Waals surface area contributed by atoms with Crippen LogP contribution in [0.15, 0.2) is 30.3 Å². The second-order valence-corrected chi connectivity index (χ2v) is 5.41. The average Bonchev–Trinajstić information content (AvgIpc) is 2.46. The minimum absolute atomic E-state index is 0.0214. The summed E-state index contributed by atoms with van der Waals surface area (Å²) in [5.74, 6) is -1.76. The molecule has 0 unspecified atom stereocenters. The molecule has 3 N–H and O–H groups in total. The number of amides is 2. The van der Waals surface area contributed by atoms with E-state index in [0.29, 0.717) is 0 Å². The van der Waals surface area contributed by atoms with Gasteiger partial charge in [-0.1, -0.05) is 37.3 Å². The van der Waals surface area contributed by atoms with Crippen molar-refractivity contribution in [2.24, 2.45) is 0 Å². The predicted octanol–water partition coefficient (Wildman–Crippen LogP) is 1.62. The Balaban J connectivity index is 2.84. The zero-order valence-electron chi connectivity index (χ0n) is 13.1. The third kappa shape index (κ3) is 4.87. The Hall–Kier alpha value is -2.37. The summed E-state index contributed by atoms with van der Waals surface area (Å²) in [5, 5.41) is 14.4. The molecule has 0 fully saturated rings. The second kappa shape index (κ2) is 7.59. The maximum Gasteiger partial charge on any atom is 0.329 e. The van der Waals surface area contributed by atoms with Crippen LogP contribution in [-0.4, -0.2) is 28.4 Å². The van der Waals surface area contributed by atoms with Gasteiger partial charge in [0.15, 0.2) is 0 Å². The van der Waals surface area contributed by atoms with Crippen LogP contribution in [0.25, 0.3) is 0 Å². The Kier molecular flexibility index (Phi) is 6.10. The Bertz CT molecular complexity index is 544. The van der Waals surface area contributed by atoms with Gasteiger partial charge in [0.25, 0.3) is 0 Å². The van der Waals surface area contributed by atoms with Gasteiger partial charge in [0, 0.05) is 6.92 Å². The number of nitrogens with one attached hydrogen (secondary N) is 2. The molecule has 0 heterocycles. The van der Waals surface area contributed by atoms with Crippen molar-refractivity contribution in [1.82, 2.24) is 10.6 Å². The number of carboxylic acids is 1. The largest absolute Gasteiger partial charge is 0.480 e. The lowest BCUT2D eigenvalue weighted by Crippen LogP contribution is -2.52. The van der Waals surface area contributed by atoms with Crippen LogP contribution in [0.4, 0.5) is 0 Å². The molecule has 1 aromatic rings. The molecule has 1 aromatic carbocycles. The first-order chi connectivity index (χ1) is 10.3. The normalized spacial score (nSPS) is 14.5. The summed E-state index contributed by atoms with van der Waals surface area (Å²) < 4.78 is 0. The molecule has 0 saturated carbocycles. The first-order valence-electron chi connectivity index (χ1n) is 7.15. The maximum absolute atomic E-state index is 12.2. The van der Waals surface area contributed by atoms with E-state index in [1.165, 1.54) is 13.8 Å². The fourth-order valence-electron chi connectivity index (χ4n) is 2.02. The molecule has 2 amide bonds. The highest BCUT2D eigenvalue weighted by Crippen LogP contribution is 2.18. The smallest absolute Gasteiger partial charge is 0.329 e.